The van der Waals surface area contributed by atoms with Crippen LogP contribution in [0.15, 0.2) is 60.9 Å². The Morgan fingerprint density at radius 1 is 1.00 bits per heavy atom. The normalized spacial score (nSPS) is 9.72. The van der Waals surface area contributed by atoms with Gasteiger partial charge in [-0.05, 0) is 42.0 Å². The van der Waals surface area contributed by atoms with Crippen molar-refractivity contribution < 1.29 is 4.74 Å². The third-order valence-corrected chi connectivity index (χ3v) is 3.73. The van der Waals surface area contributed by atoms with Crippen molar-refractivity contribution in [1.29, 1.82) is 10.5 Å². The van der Waals surface area contributed by atoms with E-state index in [1.54, 1.807) is 37.6 Å². The number of hydrogen-bond donors (Lipinski definition) is 1. The van der Waals surface area contributed by atoms with Crippen LogP contribution in [0.2, 0.25) is 0 Å². The molecule has 25 heavy (non-hydrogen) atoms. The van der Waals surface area contributed by atoms with E-state index in [1.165, 1.54) is 6.20 Å². The molecule has 0 aliphatic carbocycles. The molecule has 0 aliphatic heterocycles. The highest BCUT2D eigenvalue weighted by molar-refractivity contribution is 5.84. The molecule has 5 nitrogen and oxygen atoms in total. The molecule has 0 saturated heterocycles. The van der Waals surface area contributed by atoms with Crippen molar-refractivity contribution in [2.75, 3.05) is 12.4 Å². The van der Waals surface area contributed by atoms with Crippen molar-refractivity contribution in [1.82, 2.24) is 4.98 Å². The van der Waals surface area contributed by atoms with Crippen LogP contribution in [0.1, 0.15) is 11.1 Å². The van der Waals surface area contributed by atoms with Gasteiger partial charge in [-0.1, -0.05) is 12.1 Å². The van der Waals surface area contributed by atoms with Crippen LogP contribution in [0.5, 0.6) is 5.75 Å². The van der Waals surface area contributed by atoms with Crippen LogP contribution in [0.25, 0.3) is 11.1 Å². The van der Waals surface area contributed by atoms with Gasteiger partial charge < -0.3 is 10.1 Å². The highest BCUT2D eigenvalue weighted by atomic mass is 16.5. The first-order valence-electron chi connectivity index (χ1n) is 7.55. The van der Waals surface area contributed by atoms with E-state index in [4.69, 9.17) is 10.00 Å². The standard InChI is InChI=1S/C20H14N4O/c1-25-18-4-2-3-15(9-18)19-13-23-12-16(11-22)20(19)24-17-7-5-14(10-21)6-8-17/h2-9,12-13H,1H3,(H,23,24). The van der Waals surface area contributed by atoms with Gasteiger partial charge >= 0.3 is 0 Å². The minimum absolute atomic E-state index is 0.435. The second-order valence-electron chi connectivity index (χ2n) is 5.27. The van der Waals surface area contributed by atoms with Crippen LogP contribution < -0.4 is 10.1 Å². The summed E-state index contributed by atoms with van der Waals surface area (Å²) in [6, 6.07) is 18.9. The Morgan fingerprint density at radius 3 is 2.48 bits per heavy atom. The molecule has 0 saturated carbocycles. The highest BCUT2D eigenvalue weighted by Crippen LogP contribution is 2.33. The first kappa shape index (κ1) is 16.0. The number of benzene rings is 2. The summed E-state index contributed by atoms with van der Waals surface area (Å²) in [4.78, 5) is 4.17. The number of aromatic nitrogens is 1. The van der Waals surface area contributed by atoms with E-state index in [2.05, 4.69) is 22.4 Å². The predicted molar refractivity (Wildman–Crippen MR) is 95.4 cm³/mol. The molecule has 3 aromatic rings. The Kier molecular flexibility index (Phi) is 4.60. The van der Waals surface area contributed by atoms with Gasteiger partial charge in [0.05, 0.1) is 30.0 Å². The Hall–Kier alpha value is -3.83. The van der Waals surface area contributed by atoms with Crippen molar-refractivity contribution in [3.63, 3.8) is 0 Å². The second-order valence-corrected chi connectivity index (χ2v) is 5.27. The number of nitriles is 2. The molecule has 0 atom stereocenters. The molecule has 0 radical (unpaired) electrons. The molecule has 5 heteroatoms. The molecule has 1 N–H and O–H groups in total. The third kappa shape index (κ3) is 3.41. The number of methoxy groups -OCH3 is 1. The van der Waals surface area contributed by atoms with Gasteiger partial charge in [-0.25, -0.2) is 0 Å². The molecule has 2 aromatic carbocycles. The first-order chi connectivity index (χ1) is 12.2. The Morgan fingerprint density at radius 2 is 1.80 bits per heavy atom. The highest BCUT2D eigenvalue weighted by Gasteiger charge is 2.12. The minimum Gasteiger partial charge on any atom is -0.497 e. The lowest BCUT2D eigenvalue weighted by Gasteiger charge is -2.14. The zero-order chi connectivity index (χ0) is 17.6. The Balaban J connectivity index is 2.07. The van der Waals surface area contributed by atoms with Gasteiger partial charge in [-0.15, -0.1) is 0 Å². The Labute approximate surface area is 145 Å². The molecule has 120 valence electrons. The number of rotatable bonds is 4. The topological polar surface area (TPSA) is 81.7 Å². The molecule has 0 aliphatic rings. The van der Waals surface area contributed by atoms with Crippen molar-refractivity contribution >= 4 is 11.4 Å². The van der Waals surface area contributed by atoms with E-state index in [9.17, 15) is 5.26 Å². The second kappa shape index (κ2) is 7.16. The quantitative estimate of drug-likeness (QED) is 0.775. The fourth-order valence-electron chi connectivity index (χ4n) is 2.46. The lowest BCUT2D eigenvalue weighted by atomic mass is 10.0. The Bertz CT molecular complexity index is 982. The maximum absolute atomic E-state index is 9.45. The summed E-state index contributed by atoms with van der Waals surface area (Å²) < 4.78 is 5.28. The summed E-state index contributed by atoms with van der Waals surface area (Å²) in [6.45, 7) is 0. The SMILES string of the molecule is COc1cccc(-c2cncc(C#N)c2Nc2ccc(C#N)cc2)c1. The average molecular weight is 326 g/mol. The van der Waals surface area contributed by atoms with E-state index in [0.717, 1.165) is 22.6 Å². The van der Waals surface area contributed by atoms with E-state index < -0.39 is 0 Å². The number of ether oxygens (including phenoxy) is 1. The van der Waals surface area contributed by atoms with Crippen molar-refractivity contribution in [2.45, 2.75) is 0 Å². The molecular formula is C20H14N4O. The third-order valence-electron chi connectivity index (χ3n) is 3.73. The summed E-state index contributed by atoms with van der Waals surface area (Å²) in [7, 11) is 1.61. The molecule has 0 bridgehead atoms. The van der Waals surface area contributed by atoms with Gasteiger partial charge in [0, 0.05) is 23.6 Å². The van der Waals surface area contributed by atoms with Gasteiger partial charge in [-0.2, -0.15) is 10.5 Å². The number of hydrogen-bond acceptors (Lipinski definition) is 5. The maximum atomic E-state index is 9.45. The van der Waals surface area contributed by atoms with Crippen LogP contribution in [0.4, 0.5) is 11.4 Å². The summed E-state index contributed by atoms with van der Waals surface area (Å²) in [5.74, 6) is 0.726. The zero-order valence-corrected chi connectivity index (χ0v) is 13.5. The van der Waals surface area contributed by atoms with Crippen molar-refractivity contribution in [3.05, 3.63) is 72.1 Å². The smallest absolute Gasteiger partial charge is 0.119 e. The monoisotopic (exact) mass is 326 g/mol. The van der Waals surface area contributed by atoms with Crippen molar-refractivity contribution in [3.8, 4) is 29.0 Å². The molecule has 1 heterocycles. The van der Waals surface area contributed by atoms with E-state index in [1.807, 2.05) is 24.3 Å². The number of nitrogens with zero attached hydrogens (tertiary/aromatic N) is 3. The summed E-state index contributed by atoms with van der Waals surface area (Å²) in [5, 5.41) is 21.6. The predicted octanol–water partition coefficient (Wildman–Crippen LogP) is 4.24. The summed E-state index contributed by atoms with van der Waals surface area (Å²) in [6.07, 6.45) is 3.23. The minimum atomic E-state index is 0.435. The summed E-state index contributed by atoms with van der Waals surface area (Å²) in [5.41, 5.74) is 4.14. The zero-order valence-electron chi connectivity index (χ0n) is 13.5. The van der Waals surface area contributed by atoms with Gasteiger partial charge in [-0.3, -0.25) is 4.98 Å². The largest absolute Gasteiger partial charge is 0.497 e. The molecule has 1 aromatic heterocycles. The lowest BCUT2D eigenvalue weighted by molar-refractivity contribution is 0.415. The molecule has 0 spiro atoms. The summed E-state index contributed by atoms with van der Waals surface area (Å²) >= 11 is 0. The van der Waals surface area contributed by atoms with E-state index >= 15 is 0 Å². The van der Waals surface area contributed by atoms with Crippen LogP contribution in [0.3, 0.4) is 0 Å². The average Bonchev–Trinajstić information content (AvgIpc) is 2.68. The van der Waals surface area contributed by atoms with Gasteiger partial charge in [0.15, 0.2) is 0 Å². The first-order valence-corrected chi connectivity index (χ1v) is 7.55. The van der Waals surface area contributed by atoms with Crippen LogP contribution in [-0.4, -0.2) is 12.1 Å². The fourth-order valence-corrected chi connectivity index (χ4v) is 2.46. The van der Waals surface area contributed by atoms with Crippen LogP contribution >= 0.6 is 0 Å². The van der Waals surface area contributed by atoms with Crippen molar-refractivity contribution in [2.24, 2.45) is 0 Å². The molecule has 3 rings (SSSR count). The van der Waals surface area contributed by atoms with Gasteiger partial charge in [0.2, 0.25) is 0 Å². The number of nitrogens with one attached hydrogen (secondary N) is 1. The van der Waals surface area contributed by atoms with Crippen LogP contribution in [-0.2, 0) is 0 Å². The van der Waals surface area contributed by atoms with E-state index in [-0.39, 0.29) is 0 Å². The van der Waals surface area contributed by atoms with Gasteiger partial charge in [0.25, 0.3) is 0 Å². The van der Waals surface area contributed by atoms with Crippen LogP contribution in [0, 0.1) is 22.7 Å². The van der Waals surface area contributed by atoms with Gasteiger partial charge in [0.1, 0.15) is 11.8 Å². The molecule has 0 fully saturated rings. The molecule has 0 amide bonds. The molecular weight excluding hydrogens is 312 g/mol. The molecule has 0 unspecified atom stereocenters. The fraction of sp³-hybridized carbons (Fsp3) is 0.0500. The lowest BCUT2D eigenvalue weighted by Crippen LogP contribution is -1.98. The van der Waals surface area contributed by atoms with E-state index in [0.29, 0.717) is 16.8 Å². The maximum Gasteiger partial charge on any atom is 0.119 e. The number of pyridine rings is 1. The number of anilines is 2.